The van der Waals surface area contributed by atoms with Crippen LogP contribution in [0.1, 0.15) is 24.0 Å². The lowest BCUT2D eigenvalue weighted by Gasteiger charge is -2.38. The molecule has 1 aromatic carbocycles. The molecule has 0 aliphatic carbocycles. The van der Waals surface area contributed by atoms with E-state index in [4.69, 9.17) is 4.98 Å². The molecular formula is C20H28N4O3S2. The largest absolute Gasteiger partial charge is 0.345 e. The van der Waals surface area contributed by atoms with Gasteiger partial charge in [-0.15, -0.1) is 0 Å². The van der Waals surface area contributed by atoms with Crippen molar-refractivity contribution in [1.82, 2.24) is 14.2 Å². The van der Waals surface area contributed by atoms with Gasteiger partial charge in [-0.3, -0.25) is 4.79 Å². The molecule has 1 aromatic heterocycles. The van der Waals surface area contributed by atoms with Crippen LogP contribution in [0.3, 0.4) is 0 Å². The van der Waals surface area contributed by atoms with Crippen molar-refractivity contribution in [3.63, 3.8) is 0 Å². The third-order valence-electron chi connectivity index (χ3n) is 5.87. The fourth-order valence-corrected chi connectivity index (χ4v) is 6.30. The first-order chi connectivity index (χ1) is 13.7. The summed E-state index contributed by atoms with van der Waals surface area (Å²) in [6.45, 7) is 7.87. The molecule has 0 radical (unpaired) electrons. The zero-order chi connectivity index (χ0) is 20.8. The van der Waals surface area contributed by atoms with Crippen molar-refractivity contribution in [1.29, 1.82) is 0 Å². The molecule has 1 atom stereocenters. The normalized spacial score (nSPS) is 21.7. The molecule has 1 unspecified atom stereocenters. The van der Waals surface area contributed by atoms with Gasteiger partial charge in [-0.05, 0) is 43.9 Å². The minimum Gasteiger partial charge on any atom is -0.345 e. The van der Waals surface area contributed by atoms with Gasteiger partial charge >= 0.3 is 0 Å². The Labute approximate surface area is 176 Å². The van der Waals surface area contributed by atoms with Gasteiger partial charge in [0.05, 0.1) is 22.4 Å². The number of nitrogens with zero attached hydrogens (tertiary/aromatic N) is 4. The van der Waals surface area contributed by atoms with Gasteiger partial charge in [-0.1, -0.05) is 17.4 Å². The van der Waals surface area contributed by atoms with E-state index in [1.165, 1.54) is 26.4 Å². The number of rotatable bonds is 3. The van der Waals surface area contributed by atoms with Gasteiger partial charge < -0.3 is 9.80 Å². The zero-order valence-corrected chi connectivity index (χ0v) is 18.9. The summed E-state index contributed by atoms with van der Waals surface area (Å²) >= 11 is 1.72. The molecule has 2 saturated heterocycles. The van der Waals surface area contributed by atoms with Crippen molar-refractivity contribution in [3.05, 3.63) is 23.3 Å². The lowest BCUT2D eigenvalue weighted by Crippen LogP contribution is -2.53. The Bertz CT molecular complexity index is 1030. The fraction of sp³-hybridized carbons (Fsp3) is 0.600. The zero-order valence-electron chi connectivity index (χ0n) is 17.2. The van der Waals surface area contributed by atoms with Crippen LogP contribution in [0.15, 0.2) is 12.1 Å². The number of hydrogen-bond donors (Lipinski definition) is 0. The molecular weight excluding hydrogens is 408 g/mol. The van der Waals surface area contributed by atoms with E-state index in [-0.39, 0.29) is 11.8 Å². The highest BCUT2D eigenvalue weighted by Gasteiger charge is 2.34. The predicted octanol–water partition coefficient (Wildman–Crippen LogP) is 2.23. The van der Waals surface area contributed by atoms with E-state index in [2.05, 4.69) is 30.9 Å². The Kier molecular flexibility index (Phi) is 5.56. The summed E-state index contributed by atoms with van der Waals surface area (Å²) in [6.07, 6.45) is 2.73. The van der Waals surface area contributed by atoms with Crippen molar-refractivity contribution in [2.24, 2.45) is 5.92 Å². The topological polar surface area (TPSA) is 73.8 Å². The molecule has 2 aromatic rings. The number of aromatic nitrogens is 1. The van der Waals surface area contributed by atoms with Gasteiger partial charge in [0.1, 0.15) is 0 Å². The minimum atomic E-state index is -3.24. The summed E-state index contributed by atoms with van der Waals surface area (Å²) in [5, 5.41) is 1.02. The Morgan fingerprint density at radius 2 is 1.86 bits per heavy atom. The second kappa shape index (κ2) is 7.85. The number of anilines is 1. The third kappa shape index (κ3) is 4.27. The van der Waals surface area contributed by atoms with Crippen LogP contribution in [-0.2, 0) is 14.8 Å². The predicted molar refractivity (Wildman–Crippen MR) is 117 cm³/mol. The van der Waals surface area contributed by atoms with Crippen LogP contribution in [-0.4, -0.2) is 74.0 Å². The average molecular weight is 437 g/mol. The summed E-state index contributed by atoms with van der Waals surface area (Å²) in [5.41, 5.74) is 3.52. The number of hydrogen-bond acceptors (Lipinski definition) is 6. The van der Waals surface area contributed by atoms with Crippen LogP contribution in [0.5, 0.6) is 0 Å². The number of thiazole rings is 1. The summed E-state index contributed by atoms with van der Waals surface area (Å²) < 4.78 is 26.4. The van der Waals surface area contributed by atoms with E-state index in [0.717, 1.165) is 36.6 Å². The van der Waals surface area contributed by atoms with Crippen molar-refractivity contribution < 1.29 is 13.2 Å². The van der Waals surface area contributed by atoms with Crippen LogP contribution in [0.4, 0.5) is 5.13 Å². The van der Waals surface area contributed by atoms with Gasteiger partial charge in [0.15, 0.2) is 5.13 Å². The Morgan fingerprint density at radius 3 is 2.55 bits per heavy atom. The molecule has 3 heterocycles. The molecule has 2 fully saturated rings. The van der Waals surface area contributed by atoms with E-state index in [1.807, 2.05) is 4.90 Å². The highest BCUT2D eigenvalue weighted by Crippen LogP contribution is 2.32. The minimum absolute atomic E-state index is 0.0915. The van der Waals surface area contributed by atoms with Crippen LogP contribution in [0, 0.1) is 19.8 Å². The number of fused-ring (bicyclic) bond motifs is 1. The molecule has 7 nitrogen and oxygen atoms in total. The molecule has 0 N–H and O–H groups in total. The lowest BCUT2D eigenvalue weighted by atomic mass is 9.98. The molecule has 0 bridgehead atoms. The number of amides is 1. The van der Waals surface area contributed by atoms with Crippen molar-refractivity contribution >= 4 is 42.6 Å². The molecule has 4 rings (SSSR count). The van der Waals surface area contributed by atoms with Crippen molar-refractivity contribution in [2.75, 3.05) is 50.4 Å². The molecule has 2 aliphatic rings. The molecule has 1 amide bonds. The Hall–Kier alpha value is -1.71. The van der Waals surface area contributed by atoms with Gasteiger partial charge in [0, 0.05) is 39.3 Å². The highest BCUT2D eigenvalue weighted by molar-refractivity contribution is 7.88. The summed E-state index contributed by atoms with van der Waals surface area (Å²) in [4.78, 5) is 21.9. The van der Waals surface area contributed by atoms with Crippen LogP contribution in [0.2, 0.25) is 0 Å². The van der Waals surface area contributed by atoms with Crippen molar-refractivity contribution in [3.8, 4) is 0 Å². The van der Waals surface area contributed by atoms with Crippen LogP contribution >= 0.6 is 11.3 Å². The molecule has 9 heteroatoms. The Balaban J connectivity index is 1.40. The summed E-state index contributed by atoms with van der Waals surface area (Å²) in [5.74, 6) is -0.133. The number of sulfonamides is 1. The Morgan fingerprint density at radius 1 is 1.14 bits per heavy atom. The number of piperazine rings is 1. The van der Waals surface area contributed by atoms with E-state index >= 15 is 0 Å². The molecule has 0 spiro atoms. The summed E-state index contributed by atoms with van der Waals surface area (Å²) in [7, 11) is -3.24. The van der Waals surface area contributed by atoms with E-state index in [9.17, 15) is 13.2 Å². The first-order valence-corrected chi connectivity index (χ1v) is 12.8. The maximum Gasteiger partial charge on any atom is 0.227 e. The highest BCUT2D eigenvalue weighted by atomic mass is 32.2. The SMILES string of the molecule is Cc1cc(C)c2sc(N3CCN(C(=O)C4CCCN(S(C)(=O)=O)C4)CC3)nc2c1. The quantitative estimate of drug-likeness (QED) is 0.738. The van der Waals surface area contributed by atoms with Crippen LogP contribution < -0.4 is 4.90 Å². The third-order valence-corrected chi connectivity index (χ3v) is 8.41. The summed E-state index contributed by atoms with van der Waals surface area (Å²) in [6, 6.07) is 4.31. The second-order valence-electron chi connectivity index (χ2n) is 8.20. The first-order valence-electron chi connectivity index (χ1n) is 10.1. The van der Waals surface area contributed by atoms with Gasteiger partial charge in [0.2, 0.25) is 15.9 Å². The smallest absolute Gasteiger partial charge is 0.227 e. The molecule has 0 saturated carbocycles. The van der Waals surface area contributed by atoms with E-state index in [1.54, 1.807) is 11.3 Å². The van der Waals surface area contributed by atoms with Crippen molar-refractivity contribution in [2.45, 2.75) is 26.7 Å². The second-order valence-corrected chi connectivity index (χ2v) is 11.2. The lowest BCUT2D eigenvalue weighted by molar-refractivity contribution is -0.137. The number of carbonyl (C=O) groups is 1. The number of piperidine rings is 1. The monoisotopic (exact) mass is 436 g/mol. The maximum absolute atomic E-state index is 13.0. The number of carbonyl (C=O) groups excluding carboxylic acids is 1. The molecule has 2 aliphatic heterocycles. The number of aryl methyl sites for hydroxylation is 2. The van der Waals surface area contributed by atoms with Crippen LogP contribution in [0.25, 0.3) is 10.2 Å². The number of benzene rings is 1. The standard InChI is InChI=1S/C20H28N4O3S2/c1-14-11-15(2)18-17(12-14)21-20(28-18)23-9-7-22(8-10-23)19(25)16-5-4-6-24(13-16)29(3,26)27/h11-12,16H,4-10,13H2,1-3H3. The molecule has 158 valence electrons. The van der Waals surface area contributed by atoms with Gasteiger partial charge in [-0.25, -0.2) is 17.7 Å². The average Bonchev–Trinajstić information content (AvgIpc) is 3.11. The van der Waals surface area contributed by atoms with E-state index in [0.29, 0.717) is 26.2 Å². The first kappa shape index (κ1) is 20.6. The van der Waals surface area contributed by atoms with Gasteiger partial charge in [-0.2, -0.15) is 0 Å². The van der Waals surface area contributed by atoms with Gasteiger partial charge in [0.25, 0.3) is 0 Å². The van der Waals surface area contributed by atoms with E-state index < -0.39 is 10.0 Å². The molecule has 29 heavy (non-hydrogen) atoms. The fourth-order valence-electron chi connectivity index (χ4n) is 4.32. The maximum atomic E-state index is 13.0.